The van der Waals surface area contributed by atoms with Crippen LogP contribution in [-0.4, -0.2) is 29.4 Å². The average molecular weight is 497 g/mol. The fourth-order valence-corrected chi connectivity index (χ4v) is 10.5. The van der Waals surface area contributed by atoms with Gasteiger partial charge in [0.25, 0.3) is 0 Å². The van der Waals surface area contributed by atoms with Crippen LogP contribution < -0.4 is 0 Å². The van der Waals surface area contributed by atoms with E-state index in [2.05, 4.69) is 26.8 Å². The molecule has 36 heavy (non-hydrogen) atoms. The predicted octanol–water partition coefficient (Wildman–Crippen LogP) is 5.74. The van der Waals surface area contributed by atoms with Crippen molar-refractivity contribution in [1.29, 1.82) is 0 Å². The Bertz CT molecular complexity index is 1040. The van der Waals surface area contributed by atoms with E-state index in [-0.39, 0.29) is 75.3 Å². The first-order valence-electron chi connectivity index (χ1n) is 14.2. The first-order valence-corrected chi connectivity index (χ1v) is 14.2. The van der Waals surface area contributed by atoms with Gasteiger partial charge in [-0.1, -0.05) is 47.6 Å². The number of hydrogen-bond donors (Lipinski definition) is 0. The third-order valence-electron chi connectivity index (χ3n) is 12.2. The van der Waals surface area contributed by atoms with Crippen LogP contribution in [0.15, 0.2) is 12.2 Å². The van der Waals surface area contributed by atoms with Crippen LogP contribution in [0.4, 0.5) is 0 Å². The van der Waals surface area contributed by atoms with Crippen LogP contribution in [-0.2, 0) is 23.9 Å². The molecule has 0 heterocycles. The Morgan fingerprint density at radius 3 is 2.42 bits per heavy atom. The zero-order chi connectivity index (χ0) is 26.4. The number of carbonyl (C=O) groups is 4. The summed E-state index contributed by atoms with van der Waals surface area (Å²) < 4.78 is 5.98. The number of ether oxygens (including phenoxy) is 1. The molecule has 0 amide bonds. The summed E-state index contributed by atoms with van der Waals surface area (Å²) in [4.78, 5) is 51.0. The molecule has 5 nitrogen and oxygen atoms in total. The largest absolute Gasteiger partial charge is 0.462 e. The van der Waals surface area contributed by atoms with Crippen molar-refractivity contribution < 1.29 is 23.9 Å². The molecule has 5 rings (SSSR count). The molecular weight excluding hydrogens is 452 g/mol. The van der Waals surface area contributed by atoms with Crippen LogP contribution in [0.3, 0.4) is 0 Å². The molecule has 10 unspecified atom stereocenters. The summed E-state index contributed by atoms with van der Waals surface area (Å²) in [6, 6.07) is 0. The molecule has 0 aliphatic heterocycles. The number of ketones is 3. The van der Waals surface area contributed by atoms with Crippen molar-refractivity contribution in [3.63, 3.8) is 0 Å². The molecule has 5 aliphatic carbocycles. The topological polar surface area (TPSA) is 77.5 Å². The Morgan fingerprint density at radius 1 is 1.08 bits per heavy atom. The molecule has 0 radical (unpaired) electrons. The van der Waals surface area contributed by atoms with Gasteiger partial charge in [-0.3, -0.25) is 19.2 Å². The fraction of sp³-hybridized carbons (Fsp3) is 0.806. The standard InChI is InChI=1S/C31H44O5/c1-17(2)14-23(34)27(35)19(4)26-24(36-20(5)32)15-29(7)25-9-8-21-18(3)22(33)10-11-30(21)16-31(25,30)13-12-28(26,29)6/h10-11,17-19,21,24-26H,8-9,12-16H2,1-7H3. The first-order chi connectivity index (χ1) is 16.7. The summed E-state index contributed by atoms with van der Waals surface area (Å²) in [7, 11) is 0. The number of fused-ring (bicyclic) bond motifs is 2. The van der Waals surface area contributed by atoms with E-state index in [0.717, 1.165) is 38.5 Å². The molecule has 4 saturated carbocycles. The Kier molecular flexibility index (Phi) is 5.82. The molecule has 0 saturated heterocycles. The van der Waals surface area contributed by atoms with Crippen molar-refractivity contribution >= 4 is 23.3 Å². The van der Waals surface area contributed by atoms with Gasteiger partial charge in [-0.05, 0) is 84.0 Å². The van der Waals surface area contributed by atoms with Gasteiger partial charge >= 0.3 is 5.97 Å². The van der Waals surface area contributed by atoms with E-state index in [1.54, 1.807) is 0 Å². The summed E-state index contributed by atoms with van der Waals surface area (Å²) >= 11 is 0. The number of carbonyl (C=O) groups excluding carboxylic acids is 4. The number of esters is 1. The number of rotatable bonds is 6. The molecule has 0 bridgehead atoms. The third-order valence-corrected chi connectivity index (χ3v) is 12.2. The van der Waals surface area contributed by atoms with Gasteiger partial charge in [0, 0.05) is 31.1 Å². The minimum absolute atomic E-state index is 0.0891. The summed E-state index contributed by atoms with van der Waals surface area (Å²) in [5.74, 6) is -0.166. The molecule has 2 spiro atoms. The lowest BCUT2D eigenvalue weighted by atomic mass is 9.43. The molecule has 0 aromatic rings. The Hall–Kier alpha value is -1.78. The summed E-state index contributed by atoms with van der Waals surface area (Å²) in [5, 5.41) is 0. The average Bonchev–Trinajstić information content (AvgIpc) is 3.39. The van der Waals surface area contributed by atoms with Crippen LogP contribution in [0, 0.1) is 57.2 Å². The van der Waals surface area contributed by atoms with Crippen molar-refractivity contribution in [3.05, 3.63) is 12.2 Å². The molecule has 0 aromatic carbocycles. The second-order valence-electron chi connectivity index (χ2n) is 14.0. The lowest BCUT2D eigenvalue weighted by Gasteiger charge is -2.60. The van der Waals surface area contributed by atoms with Gasteiger partial charge in [-0.2, -0.15) is 0 Å². The highest BCUT2D eigenvalue weighted by atomic mass is 16.5. The zero-order valence-electron chi connectivity index (χ0n) is 23.2. The smallest absolute Gasteiger partial charge is 0.302 e. The Morgan fingerprint density at radius 2 is 1.78 bits per heavy atom. The molecular formula is C31H44O5. The summed E-state index contributed by atoms with van der Waals surface area (Å²) in [6.07, 6.45) is 10.1. The van der Waals surface area contributed by atoms with Gasteiger partial charge < -0.3 is 4.74 Å². The van der Waals surface area contributed by atoms with Gasteiger partial charge in [-0.25, -0.2) is 0 Å². The van der Waals surface area contributed by atoms with Crippen molar-refractivity contribution in [2.45, 2.75) is 99.5 Å². The molecule has 4 fully saturated rings. The van der Waals surface area contributed by atoms with E-state index >= 15 is 0 Å². The number of Topliss-reactive ketones (excluding diaryl/α,β-unsaturated/α-hetero) is 2. The number of hydrogen-bond acceptors (Lipinski definition) is 5. The van der Waals surface area contributed by atoms with Crippen molar-refractivity contribution in [2.75, 3.05) is 0 Å². The second-order valence-corrected chi connectivity index (χ2v) is 14.0. The lowest BCUT2D eigenvalue weighted by molar-refractivity contribution is -0.155. The van der Waals surface area contributed by atoms with Gasteiger partial charge in [0.1, 0.15) is 6.10 Å². The van der Waals surface area contributed by atoms with Gasteiger partial charge in [0.05, 0.1) is 0 Å². The third kappa shape index (κ3) is 3.19. The maximum atomic E-state index is 13.4. The molecule has 5 heteroatoms. The second kappa shape index (κ2) is 8.11. The monoisotopic (exact) mass is 496 g/mol. The van der Waals surface area contributed by atoms with E-state index in [4.69, 9.17) is 4.74 Å². The Labute approximate surface area is 216 Å². The SMILES string of the molecule is CC(=O)OC1CC2(C)C3CCC4C(C)C(=O)C=CC45CC35CCC2(C)C1C(C)C(=O)C(=O)CC(C)C. The minimum Gasteiger partial charge on any atom is -0.462 e. The van der Waals surface area contributed by atoms with E-state index in [1.807, 2.05) is 26.8 Å². The van der Waals surface area contributed by atoms with Crippen molar-refractivity contribution in [3.8, 4) is 0 Å². The molecule has 5 aliphatic rings. The first kappa shape index (κ1) is 25.9. The van der Waals surface area contributed by atoms with Crippen LogP contribution in [0.25, 0.3) is 0 Å². The van der Waals surface area contributed by atoms with Crippen LogP contribution >= 0.6 is 0 Å². The lowest BCUT2D eigenvalue weighted by Crippen LogP contribution is -2.55. The highest BCUT2D eigenvalue weighted by molar-refractivity contribution is 6.38. The highest BCUT2D eigenvalue weighted by Crippen LogP contribution is 2.87. The van der Waals surface area contributed by atoms with E-state index < -0.39 is 5.92 Å². The van der Waals surface area contributed by atoms with E-state index in [0.29, 0.717) is 11.8 Å². The van der Waals surface area contributed by atoms with E-state index in [1.165, 1.54) is 6.92 Å². The number of allylic oxidation sites excluding steroid dienone is 2. The molecule has 10 atom stereocenters. The molecule has 198 valence electrons. The normalized spacial score (nSPS) is 47.3. The summed E-state index contributed by atoms with van der Waals surface area (Å²) in [5.41, 5.74) is 0.0224. The maximum absolute atomic E-state index is 13.4. The highest BCUT2D eigenvalue weighted by Gasteiger charge is 2.81. The predicted molar refractivity (Wildman–Crippen MR) is 137 cm³/mol. The van der Waals surface area contributed by atoms with E-state index in [9.17, 15) is 19.2 Å². The van der Waals surface area contributed by atoms with Crippen LogP contribution in [0.1, 0.15) is 93.4 Å². The molecule has 0 N–H and O–H groups in total. The fourth-order valence-electron chi connectivity index (χ4n) is 10.5. The maximum Gasteiger partial charge on any atom is 0.302 e. The quantitative estimate of drug-likeness (QED) is 0.346. The van der Waals surface area contributed by atoms with Crippen LogP contribution in [0.2, 0.25) is 0 Å². The zero-order valence-corrected chi connectivity index (χ0v) is 23.2. The Balaban J connectivity index is 1.52. The van der Waals surface area contributed by atoms with Gasteiger partial charge in [0.2, 0.25) is 5.78 Å². The van der Waals surface area contributed by atoms with Crippen molar-refractivity contribution in [2.24, 2.45) is 57.2 Å². The van der Waals surface area contributed by atoms with Crippen molar-refractivity contribution in [1.82, 2.24) is 0 Å². The summed E-state index contributed by atoms with van der Waals surface area (Å²) in [6.45, 7) is 14.1. The van der Waals surface area contributed by atoms with Gasteiger partial charge in [-0.15, -0.1) is 0 Å². The van der Waals surface area contributed by atoms with Crippen LogP contribution in [0.5, 0.6) is 0 Å². The van der Waals surface area contributed by atoms with Gasteiger partial charge in [0.15, 0.2) is 11.6 Å². The molecule has 0 aromatic heterocycles. The minimum atomic E-state index is -0.474.